The molecule has 1 saturated carbocycles. The van der Waals surface area contributed by atoms with Crippen LogP contribution < -0.4 is 21.5 Å². The van der Waals surface area contributed by atoms with Crippen LogP contribution in [0.25, 0.3) is 27.6 Å². The molecule has 1 aromatic carbocycles. The van der Waals surface area contributed by atoms with E-state index in [0.29, 0.717) is 48.7 Å². The predicted molar refractivity (Wildman–Crippen MR) is 181 cm³/mol. The zero-order valence-electron chi connectivity index (χ0n) is 28.0. The molecule has 3 N–H and O–H groups in total. The molecule has 242 valence electrons. The van der Waals surface area contributed by atoms with Gasteiger partial charge in [-0.1, -0.05) is 26.5 Å². The molecule has 2 aromatic heterocycles. The van der Waals surface area contributed by atoms with Gasteiger partial charge in [0, 0.05) is 88.2 Å². The molecule has 5 rings (SSSR count). The third-order valence-corrected chi connectivity index (χ3v) is 7.40. The summed E-state index contributed by atoms with van der Waals surface area (Å²) >= 11 is 0. The van der Waals surface area contributed by atoms with Crippen LogP contribution in [-0.2, 0) is 16.6 Å². The van der Waals surface area contributed by atoms with Crippen LogP contribution in [0.4, 0.5) is 5.82 Å². The van der Waals surface area contributed by atoms with Crippen LogP contribution in [0, 0.1) is 49.9 Å². The normalized spacial score (nSPS) is 16.4. The number of ether oxygens (including phenoxy) is 1. The first kappa shape index (κ1) is 38.2. The van der Waals surface area contributed by atoms with E-state index in [-0.39, 0.29) is 42.6 Å². The van der Waals surface area contributed by atoms with Crippen molar-refractivity contribution in [3.63, 3.8) is 0 Å². The van der Waals surface area contributed by atoms with Crippen LogP contribution in [0.1, 0.15) is 58.8 Å². The minimum Gasteiger partial charge on any atom is -0.404 e. The van der Waals surface area contributed by atoms with Gasteiger partial charge in [0.15, 0.2) is 5.82 Å². The van der Waals surface area contributed by atoms with Gasteiger partial charge >= 0.3 is 0 Å². The number of amides is 1. The molecule has 1 atom stereocenters. The van der Waals surface area contributed by atoms with Gasteiger partial charge in [-0.3, -0.25) is 15.5 Å². The maximum atomic E-state index is 12.3. The number of anilines is 1. The van der Waals surface area contributed by atoms with Crippen molar-refractivity contribution in [2.24, 2.45) is 23.7 Å². The fourth-order valence-corrected chi connectivity index (χ4v) is 4.93. The summed E-state index contributed by atoms with van der Waals surface area (Å²) in [5.41, 5.74) is 10.3. The average molecular weight is 841 g/mol. The van der Waals surface area contributed by atoms with Crippen LogP contribution in [0.2, 0.25) is 0 Å². The first-order valence-electron chi connectivity index (χ1n) is 15.4. The molecule has 10 nitrogen and oxygen atoms in total. The van der Waals surface area contributed by atoms with Gasteiger partial charge in [-0.05, 0) is 55.0 Å². The zero-order chi connectivity index (χ0) is 32.4. The molecule has 3 heterocycles. The van der Waals surface area contributed by atoms with Gasteiger partial charge in [0.2, 0.25) is 5.91 Å². The molecular weight excluding hydrogens is 792 g/mol. The first-order chi connectivity index (χ1) is 21.1. The second kappa shape index (κ2) is 18.2. The van der Waals surface area contributed by atoms with E-state index in [0.717, 1.165) is 34.4 Å². The summed E-state index contributed by atoms with van der Waals surface area (Å²) < 4.78 is 7.51. The number of carbonyl (C=O) groups is 1. The smallest absolute Gasteiger partial charge is 0.253 e. The minimum atomic E-state index is 0. The number of carbonyl (C=O) groups excluding carboxylic acids is 1. The number of fused-ring (bicyclic) bond motifs is 1. The number of aryl methyl sites for hydroxylation is 2. The van der Waals surface area contributed by atoms with Crippen molar-refractivity contribution in [3.05, 3.63) is 64.3 Å². The van der Waals surface area contributed by atoms with E-state index in [9.17, 15) is 9.59 Å². The van der Waals surface area contributed by atoms with E-state index in [1.807, 2.05) is 52.9 Å². The second-order valence-corrected chi connectivity index (χ2v) is 11.2. The number of benzene rings is 1. The topological polar surface area (TPSA) is 128 Å². The van der Waals surface area contributed by atoms with Crippen LogP contribution >= 0.6 is 0 Å². The summed E-state index contributed by atoms with van der Waals surface area (Å²) in [5.74, 6) is 3.31. The summed E-state index contributed by atoms with van der Waals surface area (Å²) in [6.45, 7) is 14.2. The number of nitrogens with one attached hydrogen (secondary N) is 1. The summed E-state index contributed by atoms with van der Waals surface area (Å²) in [6.07, 6.45) is 7.61. The van der Waals surface area contributed by atoms with Crippen molar-refractivity contribution in [3.8, 4) is 11.1 Å². The number of nitrogens with two attached hydrogens (primary N) is 1. The predicted octanol–water partition coefficient (Wildman–Crippen LogP) is 4.68. The van der Waals surface area contributed by atoms with Gasteiger partial charge in [0.05, 0.1) is 30.3 Å². The SMILES string of the molecule is CC.CNC(C)=O.Cc1cc(-c2ccc3nc(/C(C=NC[C-](C)C)=C/N)nc(N4CCOCC4C4CC4)c3c2)cn(C)c1=O.[U]. The van der Waals surface area contributed by atoms with Crippen LogP contribution in [-0.4, -0.2) is 66.0 Å². The number of hydrogen-bond acceptors (Lipinski definition) is 8. The Kier molecular flexibility index (Phi) is 15.5. The molecule has 2 aliphatic rings. The number of pyridine rings is 1. The number of allylic oxidation sites excluding steroid dienone is 1. The Morgan fingerprint density at radius 3 is 2.47 bits per heavy atom. The number of aromatic nitrogens is 3. The Morgan fingerprint density at radius 1 is 1.20 bits per heavy atom. The van der Waals surface area contributed by atoms with Crippen molar-refractivity contribution >= 4 is 34.4 Å². The van der Waals surface area contributed by atoms with Crippen molar-refractivity contribution < 1.29 is 40.6 Å². The third kappa shape index (κ3) is 10.3. The monoisotopic (exact) mass is 840 g/mol. The van der Waals surface area contributed by atoms with E-state index in [1.54, 1.807) is 24.9 Å². The Balaban J connectivity index is 0.000000805. The van der Waals surface area contributed by atoms with Crippen LogP contribution in [0.3, 0.4) is 0 Å². The Bertz CT molecular complexity index is 1520. The van der Waals surface area contributed by atoms with Gasteiger partial charge in [-0.2, -0.15) is 13.8 Å². The van der Waals surface area contributed by atoms with Gasteiger partial charge < -0.3 is 30.2 Å². The summed E-state index contributed by atoms with van der Waals surface area (Å²) in [7, 11) is 3.39. The fraction of sp³-hybridized carbons (Fsp3) is 0.471. The number of hydrogen-bond donors (Lipinski definition) is 2. The molecule has 1 unspecified atom stereocenters. The van der Waals surface area contributed by atoms with Crippen LogP contribution in [0.5, 0.6) is 0 Å². The van der Waals surface area contributed by atoms with Gasteiger partial charge in [0.1, 0.15) is 5.82 Å². The Morgan fingerprint density at radius 2 is 1.89 bits per heavy atom. The molecule has 3 aromatic rings. The molecule has 1 amide bonds. The number of aliphatic imine (C=N–C) groups is 1. The number of rotatable bonds is 7. The first-order valence-corrected chi connectivity index (χ1v) is 15.4. The molecule has 0 bridgehead atoms. The van der Waals surface area contributed by atoms with Gasteiger partial charge in [-0.15, -0.1) is 0 Å². The number of nitrogens with zero attached hydrogens (tertiary/aromatic N) is 5. The van der Waals surface area contributed by atoms with E-state index in [1.165, 1.54) is 31.9 Å². The molecule has 2 fully saturated rings. The summed E-state index contributed by atoms with van der Waals surface area (Å²) in [4.78, 5) is 38.9. The molecule has 0 spiro atoms. The molecule has 11 heteroatoms. The largest absolute Gasteiger partial charge is 0.404 e. The minimum absolute atomic E-state index is 0. The van der Waals surface area contributed by atoms with E-state index in [4.69, 9.17) is 20.4 Å². The van der Waals surface area contributed by atoms with E-state index in [2.05, 4.69) is 27.3 Å². The van der Waals surface area contributed by atoms with Crippen molar-refractivity contribution in [2.75, 3.05) is 38.3 Å². The van der Waals surface area contributed by atoms with Crippen LogP contribution in [0.15, 0.2) is 46.4 Å². The Hall–Kier alpha value is -3.00. The van der Waals surface area contributed by atoms with E-state index >= 15 is 0 Å². The fourth-order valence-electron chi connectivity index (χ4n) is 4.93. The summed E-state index contributed by atoms with van der Waals surface area (Å²) in [6, 6.07) is 8.46. The molecule has 0 radical (unpaired) electrons. The van der Waals surface area contributed by atoms with Gasteiger partial charge in [-0.25, -0.2) is 9.97 Å². The quantitative estimate of drug-likeness (QED) is 0.262. The molecule has 1 saturated heterocycles. The maximum Gasteiger partial charge on any atom is 0.253 e. The average Bonchev–Trinajstić information content (AvgIpc) is 3.88. The Labute approximate surface area is 291 Å². The standard InChI is InChI=1S/C29H35N6O2.C3H7NO.C2H6.U/c1-18(2)14-31-15-23(13-30)27-32-25-8-7-21(22-11-19(3)29(36)34(4)16-22)12-24(25)28(33-27)35-9-10-37-17-26(35)20-5-6-20;1-3(5)4-2;1-2;/h7-8,11-13,15-16,20,26H,5-6,9-10,14,17,30H2,1-4H3;1-2H3,(H,4,5);1-2H3;/q-1;;;/b23-13+,31-15?;;;. The van der Waals surface area contributed by atoms with Crippen molar-refractivity contribution in [2.45, 2.75) is 60.4 Å². The zero-order valence-corrected chi connectivity index (χ0v) is 32.1. The van der Waals surface area contributed by atoms with E-state index < -0.39 is 0 Å². The maximum absolute atomic E-state index is 12.3. The molecule has 45 heavy (non-hydrogen) atoms. The third-order valence-electron chi connectivity index (χ3n) is 7.40. The summed E-state index contributed by atoms with van der Waals surface area (Å²) in [5, 5.41) is 3.37. The molecular formula is C34H48N7O3U-. The second-order valence-electron chi connectivity index (χ2n) is 11.2. The molecule has 1 aliphatic carbocycles. The van der Waals surface area contributed by atoms with Gasteiger partial charge in [0.25, 0.3) is 5.56 Å². The molecule has 1 aliphatic heterocycles. The van der Waals surface area contributed by atoms with Crippen molar-refractivity contribution in [1.82, 2.24) is 19.9 Å². The number of morpholine rings is 1. The van der Waals surface area contributed by atoms with Crippen molar-refractivity contribution in [1.29, 1.82) is 0 Å².